The highest BCUT2D eigenvalue weighted by Crippen LogP contribution is 2.24. The lowest BCUT2D eigenvalue weighted by molar-refractivity contribution is 0.326. The minimum atomic E-state index is 0.266. The molecule has 2 aromatic rings. The highest BCUT2D eigenvalue weighted by Gasteiger charge is 2.20. The average Bonchev–Trinajstić information content (AvgIpc) is 3.19. The Balaban J connectivity index is 1.56. The van der Waals surface area contributed by atoms with Crippen molar-refractivity contribution < 1.29 is 13.9 Å². The summed E-state index contributed by atoms with van der Waals surface area (Å²) in [6.45, 7) is 3.33. The van der Waals surface area contributed by atoms with Crippen molar-refractivity contribution in [3.8, 4) is 17.6 Å². The van der Waals surface area contributed by atoms with Gasteiger partial charge in [0.2, 0.25) is 0 Å². The molecule has 106 valence electrons. The normalized spacial score (nSPS) is 14.2. The number of benzene rings is 1. The zero-order valence-electron chi connectivity index (χ0n) is 11.5. The highest BCUT2D eigenvalue weighted by atomic mass is 16.6. The smallest absolute Gasteiger partial charge is 0.399 e. The van der Waals surface area contributed by atoms with Gasteiger partial charge < -0.3 is 19.2 Å². The third kappa shape index (κ3) is 3.51. The van der Waals surface area contributed by atoms with Gasteiger partial charge in [0.25, 0.3) is 0 Å². The maximum atomic E-state index is 5.55. The van der Waals surface area contributed by atoms with Gasteiger partial charge in [-0.05, 0) is 44.0 Å². The Morgan fingerprint density at radius 1 is 1.25 bits per heavy atom. The van der Waals surface area contributed by atoms with Crippen LogP contribution in [0.5, 0.6) is 17.6 Å². The zero-order valence-corrected chi connectivity index (χ0v) is 11.5. The summed E-state index contributed by atoms with van der Waals surface area (Å²) in [5.41, 5.74) is 0.859. The molecule has 1 N–H and O–H groups in total. The summed E-state index contributed by atoms with van der Waals surface area (Å²) in [5, 5.41) is 3.38. The maximum Gasteiger partial charge on any atom is 0.399 e. The molecule has 0 amide bonds. The predicted molar refractivity (Wildman–Crippen MR) is 74.0 cm³/mol. The van der Waals surface area contributed by atoms with Gasteiger partial charge in [-0.2, -0.15) is 4.98 Å². The Kier molecular flexibility index (Phi) is 3.87. The van der Waals surface area contributed by atoms with Crippen molar-refractivity contribution in [1.29, 1.82) is 0 Å². The van der Waals surface area contributed by atoms with Crippen molar-refractivity contribution in [1.82, 2.24) is 10.3 Å². The molecule has 0 radical (unpaired) electrons. The van der Waals surface area contributed by atoms with Crippen LogP contribution in [-0.4, -0.2) is 17.6 Å². The molecule has 0 saturated heterocycles. The van der Waals surface area contributed by atoms with Crippen molar-refractivity contribution >= 4 is 0 Å². The van der Waals surface area contributed by atoms with E-state index in [0.29, 0.717) is 18.4 Å². The molecule has 1 aliphatic carbocycles. The fraction of sp³-hybridized carbons (Fsp3) is 0.400. The molecule has 20 heavy (non-hydrogen) atoms. The van der Waals surface area contributed by atoms with Gasteiger partial charge in [-0.1, -0.05) is 0 Å². The molecule has 0 atom stereocenters. The van der Waals surface area contributed by atoms with Crippen molar-refractivity contribution in [3.63, 3.8) is 0 Å². The van der Waals surface area contributed by atoms with E-state index in [-0.39, 0.29) is 6.08 Å². The maximum absolute atomic E-state index is 5.55. The topological polar surface area (TPSA) is 56.5 Å². The number of nitrogens with zero attached hydrogens (tertiary/aromatic N) is 1. The van der Waals surface area contributed by atoms with Crippen molar-refractivity contribution in [2.45, 2.75) is 32.4 Å². The monoisotopic (exact) mass is 274 g/mol. The molecule has 1 saturated carbocycles. The van der Waals surface area contributed by atoms with E-state index in [9.17, 15) is 0 Å². The fourth-order valence-corrected chi connectivity index (χ4v) is 1.82. The van der Waals surface area contributed by atoms with Crippen molar-refractivity contribution in [3.05, 3.63) is 36.2 Å². The Bertz CT molecular complexity index is 547. The van der Waals surface area contributed by atoms with Crippen molar-refractivity contribution in [2.24, 2.45) is 0 Å². The Hall–Kier alpha value is -2.01. The molecule has 0 unspecified atom stereocenters. The number of aromatic nitrogens is 1. The van der Waals surface area contributed by atoms with E-state index in [1.807, 2.05) is 31.2 Å². The summed E-state index contributed by atoms with van der Waals surface area (Å²) < 4.78 is 16.2. The molecule has 5 heteroatoms. The van der Waals surface area contributed by atoms with Crippen LogP contribution in [0, 0.1) is 0 Å². The largest absolute Gasteiger partial charge is 0.494 e. The molecule has 0 aliphatic heterocycles. The molecule has 0 bridgehead atoms. The third-order valence-electron chi connectivity index (χ3n) is 3.02. The summed E-state index contributed by atoms with van der Waals surface area (Å²) in [7, 11) is 0. The van der Waals surface area contributed by atoms with E-state index in [0.717, 1.165) is 18.0 Å². The van der Waals surface area contributed by atoms with Crippen LogP contribution in [0.25, 0.3) is 0 Å². The Morgan fingerprint density at radius 3 is 2.70 bits per heavy atom. The third-order valence-corrected chi connectivity index (χ3v) is 3.02. The second-order valence-corrected chi connectivity index (χ2v) is 4.77. The molecular weight excluding hydrogens is 256 g/mol. The standard InChI is InChI=1S/C15H18N2O3/c1-2-18-13-5-7-14(8-6-13)20-15-17-12(10-19-15)9-16-11-3-4-11/h5-8,10-11,16H,2-4,9H2,1H3. The van der Waals surface area contributed by atoms with Gasteiger partial charge in [0.05, 0.1) is 12.3 Å². The summed E-state index contributed by atoms with van der Waals surface area (Å²) in [5.74, 6) is 1.50. The van der Waals surface area contributed by atoms with Gasteiger partial charge in [0, 0.05) is 12.6 Å². The Morgan fingerprint density at radius 2 is 2.00 bits per heavy atom. The van der Waals surface area contributed by atoms with Gasteiger partial charge in [0.1, 0.15) is 17.8 Å². The SMILES string of the molecule is CCOc1ccc(Oc2nc(CNC3CC3)co2)cc1. The minimum Gasteiger partial charge on any atom is -0.494 e. The second kappa shape index (κ2) is 5.96. The zero-order chi connectivity index (χ0) is 13.8. The highest BCUT2D eigenvalue weighted by molar-refractivity contribution is 5.32. The minimum absolute atomic E-state index is 0.266. The lowest BCUT2D eigenvalue weighted by Gasteiger charge is -2.04. The summed E-state index contributed by atoms with van der Waals surface area (Å²) in [6.07, 6.45) is 4.40. The van der Waals surface area contributed by atoms with E-state index in [2.05, 4.69) is 10.3 Å². The van der Waals surface area contributed by atoms with Crippen molar-refractivity contribution in [2.75, 3.05) is 6.61 Å². The summed E-state index contributed by atoms with van der Waals surface area (Å²) in [6, 6.07) is 8.03. The molecule has 0 spiro atoms. The van der Waals surface area contributed by atoms with E-state index in [1.54, 1.807) is 6.26 Å². The molecule has 3 rings (SSSR count). The molecule has 1 aromatic heterocycles. The van der Waals surface area contributed by atoms with Crippen LogP contribution >= 0.6 is 0 Å². The van der Waals surface area contributed by atoms with E-state index < -0.39 is 0 Å². The van der Waals surface area contributed by atoms with Crippen LogP contribution < -0.4 is 14.8 Å². The number of rotatable bonds is 7. The molecule has 1 aromatic carbocycles. The lowest BCUT2D eigenvalue weighted by atomic mass is 10.3. The number of nitrogens with one attached hydrogen (secondary N) is 1. The van der Waals surface area contributed by atoms with E-state index >= 15 is 0 Å². The van der Waals surface area contributed by atoms with Gasteiger partial charge >= 0.3 is 6.08 Å². The van der Waals surface area contributed by atoms with Crippen LogP contribution in [0.4, 0.5) is 0 Å². The van der Waals surface area contributed by atoms with Crippen LogP contribution in [0.1, 0.15) is 25.5 Å². The average molecular weight is 274 g/mol. The molecule has 1 heterocycles. The first-order chi connectivity index (χ1) is 9.83. The molecule has 5 nitrogen and oxygen atoms in total. The van der Waals surface area contributed by atoms with Gasteiger partial charge in [0.15, 0.2) is 0 Å². The first kappa shape index (κ1) is 13.0. The Labute approximate surface area is 117 Å². The number of hydrogen-bond acceptors (Lipinski definition) is 5. The van der Waals surface area contributed by atoms with Crippen LogP contribution in [0.15, 0.2) is 34.9 Å². The first-order valence-electron chi connectivity index (χ1n) is 6.92. The molecular formula is C15H18N2O3. The quantitative estimate of drug-likeness (QED) is 0.840. The van der Waals surface area contributed by atoms with Gasteiger partial charge in [-0.3, -0.25) is 0 Å². The number of hydrogen-bond donors (Lipinski definition) is 1. The van der Waals surface area contributed by atoms with Gasteiger partial charge in [-0.15, -0.1) is 0 Å². The number of oxazole rings is 1. The molecule has 1 aliphatic rings. The van der Waals surface area contributed by atoms with Crippen LogP contribution in [-0.2, 0) is 6.54 Å². The van der Waals surface area contributed by atoms with Crippen LogP contribution in [0.2, 0.25) is 0 Å². The van der Waals surface area contributed by atoms with E-state index in [4.69, 9.17) is 13.9 Å². The first-order valence-corrected chi connectivity index (χ1v) is 6.92. The lowest BCUT2D eigenvalue weighted by Crippen LogP contribution is -2.15. The second-order valence-electron chi connectivity index (χ2n) is 4.77. The van der Waals surface area contributed by atoms with Crippen LogP contribution in [0.3, 0.4) is 0 Å². The van der Waals surface area contributed by atoms with Gasteiger partial charge in [-0.25, -0.2) is 0 Å². The van der Waals surface area contributed by atoms with E-state index in [1.165, 1.54) is 12.8 Å². The number of ether oxygens (including phenoxy) is 2. The predicted octanol–water partition coefficient (Wildman–Crippen LogP) is 3.12. The fourth-order valence-electron chi connectivity index (χ4n) is 1.82. The summed E-state index contributed by atoms with van der Waals surface area (Å²) in [4.78, 5) is 4.28. The summed E-state index contributed by atoms with van der Waals surface area (Å²) >= 11 is 0. The molecule has 1 fully saturated rings.